The van der Waals surface area contributed by atoms with E-state index in [9.17, 15) is 9.50 Å². The fourth-order valence-electron chi connectivity index (χ4n) is 2.08. The molecule has 0 aliphatic carbocycles. The molecule has 10 heteroatoms. The number of nitrogens with one attached hydrogen (secondary N) is 1. The zero-order valence-electron chi connectivity index (χ0n) is 13.5. The molecule has 0 spiro atoms. The number of nitrogens with zero attached hydrogens (tertiary/aromatic N) is 1. The number of rotatable bonds is 3. The molecule has 26 heavy (non-hydrogen) atoms. The number of thiazole rings is 1. The maximum absolute atomic E-state index is 13.0. The van der Waals surface area contributed by atoms with E-state index >= 15 is 0 Å². The number of hydrogen-bond acceptors (Lipinski definition) is 6. The van der Waals surface area contributed by atoms with E-state index in [4.69, 9.17) is 17.5 Å². The van der Waals surface area contributed by atoms with E-state index in [0.717, 1.165) is 21.0 Å². The van der Waals surface area contributed by atoms with Crippen LogP contribution >= 0.6 is 11.3 Å². The second-order valence-corrected chi connectivity index (χ2v) is 7.21. The predicted octanol–water partition coefficient (Wildman–Crippen LogP) is 2.02. The number of pyridine rings is 1. The molecule has 1 aromatic carbocycles. The first-order valence-corrected chi connectivity index (χ1v) is 9.35. The lowest BCUT2D eigenvalue weighted by Gasteiger charge is -2.20. The first-order valence-electron chi connectivity index (χ1n) is 7.17. The van der Waals surface area contributed by atoms with E-state index in [0.29, 0.717) is 0 Å². The van der Waals surface area contributed by atoms with Crippen molar-refractivity contribution in [2.24, 2.45) is 0 Å². The number of aromatic nitrogens is 2. The zero-order chi connectivity index (χ0) is 19.4. The molecule has 138 valence electrons. The van der Waals surface area contributed by atoms with E-state index in [1.807, 2.05) is 12.1 Å². The molecule has 2 heterocycles. The molecular weight excluding hydrogens is 383 g/mol. The molecule has 0 bridgehead atoms. The summed E-state index contributed by atoms with van der Waals surface area (Å²) < 4.78 is 45.8. The van der Waals surface area contributed by atoms with E-state index in [1.165, 1.54) is 23.5 Å². The van der Waals surface area contributed by atoms with Gasteiger partial charge >= 0.3 is 0 Å². The first kappa shape index (κ1) is 20.1. The Labute approximate surface area is 153 Å². The number of H-pyrrole nitrogens is 1. The number of halogens is 1. The van der Waals surface area contributed by atoms with E-state index in [-0.39, 0.29) is 5.82 Å². The van der Waals surface area contributed by atoms with Gasteiger partial charge in [0.1, 0.15) is 16.4 Å². The molecule has 3 rings (SSSR count). The summed E-state index contributed by atoms with van der Waals surface area (Å²) in [5.74, 6) is -0.275. The van der Waals surface area contributed by atoms with Crippen molar-refractivity contribution in [3.8, 4) is 10.6 Å². The molecular formula is C16H15FN2O5S2. The summed E-state index contributed by atoms with van der Waals surface area (Å²) in [6.07, 6.45) is 5.21. The van der Waals surface area contributed by atoms with Crippen LogP contribution in [0.1, 0.15) is 17.4 Å². The average molecular weight is 398 g/mol. The normalized spacial score (nSPS) is 13.4. The molecule has 0 aliphatic heterocycles. The van der Waals surface area contributed by atoms with Crippen LogP contribution in [-0.2, 0) is 16.0 Å². The van der Waals surface area contributed by atoms with Crippen LogP contribution in [0.4, 0.5) is 4.39 Å². The Morgan fingerprint density at radius 3 is 2.27 bits per heavy atom. The minimum absolute atomic E-state index is 0.275. The SMILES string of the molecule is CC(O)(c1cc[nH+]cc1)c1cnc(-c2ccc(F)cc2)s1.O=S(=O)([O-])O. The van der Waals surface area contributed by atoms with Gasteiger partial charge in [-0.2, -0.15) is 0 Å². The monoisotopic (exact) mass is 398 g/mol. The fraction of sp³-hybridized carbons (Fsp3) is 0.125. The summed E-state index contributed by atoms with van der Waals surface area (Å²) in [6, 6.07) is 9.84. The Kier molecular flexibility index (Phi) is 6.16. The van der Waals surface area contributed by atoms with E-state index < -0.39 is 16.0 Å². The van der Waals surface area contributed by atoms with Crippen molar-refractivity contribution in [1.82, 2.24) is 4.98 Å². The minimum atomic E-state index is -4.92. The molecule has 0 aliphatic rings. The molecule has 3 N–H and O–H groups in total. The summed E-state index contributed by atoms with van der Waals surface area (Å²) >= 11 is 1.40. The lowest BCUT2D eigenvalue weighted by Crippen LogP contribution is -2.22. The molecule has 0 saturated heterocycles. The second-order valence-electron chi connectivity index (χ2n) is 5.33. The molecule has 0 radical (unpaired) electrons. The average Bonchev–Trinajstić information content (AvgIpc) is 3.06. The largest absolute Gasteiger partial charge is 0.726 e. The van der Waals surface area contributed by atoms with Gasteiger partial charge in [-0.15, -0.1) is 11.3 Å². The molecule has 7 nitrogen and oxygen atoms in total. The van der Waals surface area contributed by atoms with Gasteiger partial charge in [0.25, 0.3) is 0 Å². The van der Waals surface area contributed by atoms with Gasteiger partial charge in [-0.25, -0.2) is 22.8 Å². The Morgan fingerprint density at radius 2 is 1.73 bits per heavy atom. The lowest BCUT2D eigenvalue weighted by molar-refractivity contribution is -0.378. The summed E-state index contributed by atoms with van der Waals surface area (Å²) in [4.78, 5) is 8.01. The molecule has 1 unspecified atom stereocenters. The Bertz CT molecular complexity index is 950. The van der Waals surface area contributed by atoms with Gasteiger partial charge in [-0.05, 0) is 31.2 Å². The fourth-order valence-corrected chi connectivity index (χ4v) is 3.07. The van der Waals surface area contributed by atoms with Gasteiger partial charge in [0.05, 0.1) is 4.88 Å². The zero-order valence-corrected chi connectivity index (χ0v) is 15.1. The van der Waals surface area contributed by atoms with Crippen molar-refractivity contribution in [2.75, 3.05) is 0 Å². The van der Waals surface area contributed by atoms with Crippen molar-refractivity contribution in [1.29, 1.82) is 0 Å². The summed E-state index contributed by atoms with van der Waals surface area (Å²) in [5.41, 5.74) is 0.519. The van der Waals surface area contributed by atoms with Gasteiger partial charge in [0.2, 0.25) is 10.4 Å². The van der Waals surface area contributed by atoms with Crippen LogP contribution in [0.2, 0.25) is 0 Å². The van der Waals surface area contributed by atoms with E-state index in [2.05, 4.69) is 9.97 Å². The highest BCUT2D eigenvalue weighted by Gasteiger charge is 2.28. The second kappa shape index (κ2) is 7.98. The molecule has 3 aromatic rings. The van der Waals surface area contributed by atoms with Gasteiger partial charge in [-0.1, -0.05) is 0 Å². The maximum atomic E-state index is 13.0. The van der Waals surface area contributed by atoms with Crippen molar-refractivity contribution >= 4 is 21.7 Å². The summed E-state index contributed by atoms with van der Waals surface area (Å²) in [5, 5.41) is 11.5. The van der Waals surface area contributed by atoms with Gasteiger partial charge in [0.15, 0.2) is 12.4 Å². The molecule has 2 aromatic heterocycles. The van der Waals surface area contributed by atoms with Gasteiger partial charge < -0.3 is 9.66 Å². The predicted molar refractivity (Wildman–Crippen MR) is 91.5 cm³/mol. The molecule has 0 amide bonds. The van der Waals surface area contributed by atoms with Crippen LogP contribution in [-0.4, -0.2) is 27.6 Å². The highest BCUT2D eigenvalue weighted by atomic mass is 32.3. The topological polar surface area (TPSA) is 125 Å². The van der Waals surface area contributed by atoms with Gasteiger partial charge in [-0.3, -0.25) is 4.55 Å². The third kappa shape index (κ3) is 5.64. The Balaban J connectivity index is 0.000000431. The molecule has 1 atom stereocenters. The van der Waals surface area contributed by atoms with Crippen LogP contribution < -0.4 is 4.98 Å². The van der Waals surface area contributed by atoms with Crippen LogP contribution in [0.15, 0.2) is 55.0 Å². The highest BCUT2D eigenvalue weighted by molar-refractivity contribution is 7.79. The van der Waals surface area contributed by atoms with Crippen molar-refractivity contribution in [2.45, 2.75) is 12.5 Å². The number of aliphatic hydroxyl groups is 1. The Hall–Kier alpha value is -2.24. The summed E-state index contributed by atoms with van der Waals surface area (Å²) in [7, 11) is -4.92. The van der Waals surface area contributed by atoms with Crippen LogP contribution in [0, 0.1) is 5.82 Å². The molecule has 0 saturated carbocycles. The quantitative estimate of drug-likeness (QED) is 0.514. The van der Waals surface area contributed by atoms with Crippen molar-refractivity contribution in [3.63, 3.8) is 0 Å². The smallest absolute Gasteiger partial charge is 0.215 e. The number of benzene rings is 1. The van der Waals surface area contributed by atoms with Crippen LogP contribution in [0.3, 0.4) is 0 Å². The van der Waals surface area contributed by atoms with E-state index in [1.54, 1.807) is 37.6 Å². The third-order valence-electron chi connectivity index (χ3n) is 3.36. The lowest BCUT2D eigenvalue weighted by atomic mass is 9.96. The van der Waals surface area contributed by atoms with Crippen molar-refractivity contribution in [3.05, 3.63) is 71.2 Å². The number of hydrogen-bond donors (Lipinski definition) is 2. The standard InChI is InChI=1S/C16H13FN2OS.H2O4S/c1-16(20,12-6-8-18-9-7-12)14-10-19-15(21-14)11-2-4-13(17)5-3-11;1-5(2,3)4/h2-10,20H,1H3;(H2,1,2,3,4). The minimum Gasteiger partial charge on any atom is -0.726 e. The highest BCUT2D eigenvalue weighted by Crippen LogP contribution is 2.35. The number of aromatic amines is 1. The first-order chi connectivity index (χ1) is 12.1. The molecule has 0 fully saturated rings. The van der Waals surface area contributed by atoms with Crippen LogP contribution in [0.5, 0.6) is 0 Å². The summed E-state index contributed by atoms with van der Waals surface area (Å²) in [6.45, 7) is 1.74. The third-order valence-corrected chi connectivity index (χ3v) is 4.61. The Morgan fingerprint density at radius 1 is 1.19 bits per heavy atom. The van der Waals surface area contributed by atoms with Crippen molar-refractivity contribution < 1.29 is 32.0 Å². The van der Waals surface area contributed by atoms with Gasteiger partial charge in [0, 0.05) is 29.5 Å². The van der Waals surface area contributed by atoms with Crippen LogP contribution in [0.25, 0.3) is 10.6 Å². The maximum Gasteiger partial charge on any atom is 0.215 e.